The average Bonchev–Trinajstić information content (AvgIpc) is 2.28. The smallest absolute Gasteiger partial charge is 0.329 e. The highest BCUT2D eigenvalue weighted by Crippen LogP contribution is 2.24. The van der Waals surface area contributed by atoms with Crippen LogP contribution in [0.5, 0.6) is 5.75 Å². The van der Waals surface area contributed by atoms with Crippen molar-refractivity contribution >= 4 is 11.9 Å². The fraction of sp³-hybridized carbons (Fsp3) is 0.429. The molecule has 2 N–H and O–H groups in total. The molecule has 0 heterocycles. The van der Waals surface area contributed by atoms with Gasteiger partial charge in [-0.15, -0.1) is 0 Å². The standard InChI is InChI=1S/C14H19NO4/c1-5-15(14(3,4)13(18)19)12(17)10-7-6-9(2)8-11(10)16/h6-8,16H,5H2,1-4H3,(H,18,19). The third kappa shape index (κ3) is 2.86. The molecule has 0 fully saturated rings. The molecule has 0 saturated heterocycles. The molecular weight excluding hydrogens is 246 g/mol. The van der Waals surface area contributed by atoms with E-state index in [1.165, 1.54) is 30.9 Å². The number of hydrogen-bond donors (Lipinski definition) is 2. The lowest BCUT2D eigenvalue weighted by molar-refractivity contribution is -0.147. The second kappa shape index (κ2) is 5.30. The normalized spacial score (nSPS) is 11.2. The van der Waals surface area contributed by atoms with Crippen molar-refractivity contribution in [2.45, 2.75) is 33.2 Å². The lowest BCUT2D eigenvalue weighted by Crippen LogP contribution is -2.52. The number of nitrogens with zero attached hydrogens (tertiary/aromatic N) is 1. The van der Waals surface area contributed by atoms with Gasteiger partial charge in [0, 0.05) is 6.54 Å². The topological polar surface area (TPSA) is 77.8 Å². The van der Waals surface area contributed by atoms with E-state index in [1.54, 1.807) is 19.9 Å². The molecule has 0 aromatic heterocycles. The molecule has 0 aliphatic carbocycles. The summed E-state index contributed by atoms with van der Waals surface area (Å²) in [5.74, 6) is -1.72. The minimum absolute atomic E-state index is 0.113. The maximum absolute atomic E-state index is 12.4. The van der Waals surface area contributed by atoms with Crippen molar-refractivity contribution in [2.24, 2.45) is 0 Å². The monoisotopic (exact) mass is 265 g/mol. The number of benzene rings is 1. The van der Waals surface area contributed by atoms with E-state index in [0.717, 1.165) is 5.56 Å². The van der Waals surface area contributed by atoms with Crippen LogP contribution in [0.2, 0.25) is 0 Å². The van der Waals surface area contributed by atoms with Gasteiger partial charge in [-0.05, 0) is 45.4 Å². The summed E-state index contributed by atoms with van der Waals surface area (Å²) in [5.41, 5.74) is -0.389. The largest absolute Gasteiger partial charge is 0.507 e. The molecule has 1 aromatic carbocycles. The second-order valence-corrected chi connectivity index (χ2v) is 4.93. The van der Waals surface area contributed by atoms with Crippen LogP contribution in [0.1, 0.15) is 36.7 Å². The van der Waals surface area contributed by atoms with E-state index < -0.39 is 17.4 Å². The number of aromatic hydroxyl groups is 1. The molecule has 0 aliphatic heterocycles. The quantitative estimate of drug-likeness (QED) is 0.873. The molecular formula is C14H19NO4. The highest BCUT2D eigenvalue weighted by molar-refractivity contribution is 5.99. The van der Waals surface area contributed by atoms with Crippen LogP contribution in [0.4, 0.5) is 0 Å². The molecule has 1 amide bonds. The molecule has 5 nitrogen and oxygen atoms in total. The highest BCUT2D eigenvalue weighted by atomic mass is 16.4. The van der Waals surface area contributed by atoms with Gasteiger partial charge in [-0.1, -0.05) is 6.07 Å². The van der Waals surface area contributed by atoms with Crippen molar-refractivity contribution in [1.82, 2.24) is 4.90 Å². The number of carboxylic acids is 1. The summed E-state index contributed by atoms with van der Waals surface area (Å²) in [6.45, 7) is 6.66. The Labute approximate surface area is 112 Å². The van der Waals surface area contributed by atoms with Crippen molar-refractivity contribution in [3.05, 3.63) is 29.3 Å². The van der Waals surface area contributed by atoms with E-state index in [9.17, 15) is 19.8 Å². The fourth-order valence-corrected chi connectivity index (χ4v) is 1.88. The number of aliphatic carboxylic acids is 1. The number of phenols is 1. The first-order valence-electron chi connectivity index (χ1n) is 6.06. The van der Waals surface area contributed by atoms with Crippen molar-refractivity contribution in [3.8, 4) is 5.75 Å². The van der Waals surface area contributed by atoms with Crippen LogP contribution in [0.15, 0.2) is 18.2 Å². The Morgan fingerprint density at radius 2 is 1.89 bits per heavy atom. The van der Waals surface area contributed by atoms with Gasteiger partial charge in [-0.2, -0.15) is 0 Å². The summed E-state index contributed by atoms with van der Waals surface area (Å²) in [6.07, 6.45) is 0. The van der Waals surface area contributed by atoms with E-state index in [4.69, 9.17) is 0 Å². The van der Waals surface area contributed by atoms with Gasteiger partial charge < -0.3 is 15.1 Å². The van der Waals surface area contributed by atoms with Crippen molar-refractivity contribution in [1.29, 1.82) is 0 Å². The van der Waals surface area contributed by atoms with Crippen molar-refractivity contribution in [2.75, 3.05) is 6.54 Å². The molecule has 0 radical (unpaired) electrons. The summed E-state index contributed by atoms with van der Waals surface area (Å²) in [4.78, 5) is 24.8. The van der Waals surface area contributed by atoms with E-state index in [2.05, 4.69) is 0 Å². The highest BCUT2D eigenvalue weighted by Gasteiger charge is 2.37. The van der Waals surface area contributed by atoms with Crippen LogP contribution in [0.3, 0.4) is 0 Å². The number of aryl methyl sites for hydroxylation is 1. The molecule has 0 atom stereocenters. The Hall–Kier alpha value is -2.04. The Kier molecular flexibility index (Phi) is 4.19. The molecule has 0 spiro atoms. The molecule has 1 aromatic rings. The molecule has 0 aliphatic rings. The van der Waals surface area contributed by atoms with Crippen LogP contribution < -0.4 is 0 Å². The number of amides is 1. The second-order valence-electron chi connectivity index (χ2n) is 4.93. The zero-order valence-electron chi connectivity index (χ0n) is 11.6. The number of carbonyl (C=O) groups excluding carboxylic acids is 1. The number of carbonyl (C=O) groups is 2. The SMILES string of the molecule is CCN(C(=O)c1ccc(C)cc1O)C(C)(C)C(=O)O. The summed E-state index contributed by atoms with van der Waals surface area (Å²) in [5, 5.41) is 19.0. The predicted molar refractivity (Wildman–Crippen MR) is 71.3 cm³/mol. The molecule has 0 saturated carbocycles. The number of carboxylic acid groups (broad SMARTS) is 1. The van der Waals surface area contributed by atoms with Crippen molar-refractivity contribution in [3.63, 3.8) is 0 Å². The van der Waals surface area contributed by atoms with Gasteiger partial charge in [0.15, 0.2) is 0 Å². The summed E-state index contributed by atoms with van der Waals surface area (Å²) >= 11 is 0. The summed E-state index contributed by atoms with van der Waals surface area (Å²) in [6, 6.07) is 4.69. The van der Waals surface area contributed by atoms with Crippen LogP contribution in [-0.4, -0.2) is 39.1 Å². The Balaban J connectivity index is 3.19. The predicted octanol–water partition coefficient (Wildman–Crippen LogP) is 2.03. The Bertz CT molecular complexity index is 508. The maximum atomic E-state index is 12.4. The van der Waals surface area contributed by atoms with Gasteiger partial charge in [-0.3, -0.25) is 4.79 Å². The van der Waals surface area contributed by atoms with Gasteiger partial charge in [0.25, 0.3) is 5.91 Å². The van der Waals surface area contributed by atoms with Crippen LogP contribution >= 0.6 is 0 Å². The number of rotatable bonds is 4. The summed E-state index contributed by atoms with van der Waals surface area (Å²) < 4.78 is 0. The molecule has 104 valence electrons. The zero-order valence-corrected chi connectivity index (χ0v) is 11.6. The number of phenolic OH excluding ortho intramolecular Hbond substituents is 1. The lowest BCUT2D eigenvalue weighted by Gasteiger charge is -2.34. The first-order chi connectivity index (χ1) is 8.71. The lowest BCUT2D eigenvalue weighted by atomic mass is 10.0. The van der Waals surface area contributed by atoms with E-state index in [0.29, 0.717) is 0 Å². The molecule has 0 unspecified atom stereocenters. The van der Waals surface area contributed by atoms with Crippen LogP contribution in [0.25, 0.3) is 0 Å². The zero-order chi connectivity index (χ0) is 14.8. The Morgan fingerprint density at radius 3 is 2.32 bits per heavy atom. The van der Waals surface area contributed by atoms with Gasteiger partial charge in [0.2, 0.25) is 0 Å². The third-order valence-corrected chi connectivity index (χ3v) is 3.14. The summed E-state index contributed by atoms with van der Waals surface area (Å²) in [7, 11) is 0. The molecule has 19 heavy (non-hydrogen) atoms. The Morgan fingerprint density at radius 1 is 1.32 bits per heavy atom. The van der Waals surface area contributed by atoms with Gasteiger partial charge in [0.05, 0.1) is 5.56 Å². The van der Waals surface area contributed by atoms with E-state index >= 15 is 0 Å². The minimum atomic E-state index is -1.33. The van der Waals surface area contributed by atoms with E-state index in [-0.39, 0.29) is 17.9 Å². The first kappa shape index (κ1) is 15.0. The van der Waals surface area contributed by atoms with E-state index in [1.807, 2.05) is 0 Å². The van der Waals surface area contributed by atoms with Gasteiger partial charge in [-0.25, -0.2) is 4.79 Å². The number of hydrogen-bond acceptors (Lipinski definition) is 3. The van der Waals surface area contributed by atoms with Gasteiger partial charge in [0.1, 0.15) is 11.3 Å². The number of likely N-dealkylation sites (N-methyl/N-ethyl adjacent to an activating group) is 1. The average molecular weight is 265 g/mol. The third-order valence-electron chi connectivity index (χ3n) is 3.14. The maximum Gasteiger partial charge on any atom is 0.329 e. The van der Waals surface area contributed by atoms with Crippen molar-refractivity contribution < 1.29 is 19.8 Å². The molecule has 5 heteroatoms. The molecule has 1 rings (SSSR count). The molecule has 0 bridgehead atoms. The first-order valence-corrected chi connectivity index (χ1v) is 6.06. The minimum Gasteiger partial charge on any atom is -0.507 e. The van der Waals surface area contributed by atoms with Crippen LogP contribution in [-0.2, 0) is 4.79 Å². The fourth-order valence-electron chi connectivity index (χ4n) is 1.88. The van der Waals surface area contributed by atoms with Crippen LogP contribution in [0, 0.1) is 6.92 Å². The van der Waals surface area contributed by atoms with Gasteiger partial charge >= 0.3 is 5.97 Å².